The number of likely N-dealkylation sites (tertiary alicyclic amines) is 1. The van der Waals surface area contributed by atoms with E-state index in [1.165, 1.54) is 17.0 Å². The zero-order valence-corrected chi connectivity index (χ0v) is 18.4. The van der Waals surface area contributed by atoms with Crippen molar-refractivity contribution < 1.29 is 17.6 Å². The first-order valence-electron chi connectivity index (χ1n) is 9.41. The molecule has 0 unspecified atom stereocenters. The van der Waals surface area contributed by atoms with E-state index in [4.69, 9.17) is 0 Å². The van der Waals surface area contributed by atoms with Crippen LogP contribution in [0.3, 0.4) is 0 Å². The highest BCUT2D eigenvalue weighted by Gasteiger charge is 2.32. The normalized spacial score (nSPS) is 16.5. The minimum absolute atomic E-state index is 0. The summed E-state index contributed by atoms with van der Waals surface area (Å²) in [6, 6.07) is 6.24. The van der Waals surface area contributed by atoms with Gasteiger partial charge in [0, 0.05) is 13.1 Å². The third kappa shape index (κ3) is 9.90. The molecule has 160 valence electrons. The molecule has 28 heavy (non-hydrogen) atoms. The molecule has 0 saturated carbocycles. The molecule has 0 radical (unpaired) electrons. The monoisotopic (exact) mass is 516 g/mol. The standard InChI is InChI=1S/C19H28F4N4.HI/c1-2-24-18(26-13-16-3-5-17(20)6-4-16)25-10-7-15-8-11-27(12-9-15)14-19(21,22)23;/h3-6,15H,2,7-14H2,1H3,(H2,24,25,26);1H. The number of halogens is 5. The van der Waals surface area contributed by atoms with Gasteiger partial charge in [0.15, 0.2) is 5.96 Å². The fourth-order valence-corrected chi connectivity index (χ4v) is 3.18. The maximum absolute atomic E-state index is 12.9. The number of aliphatic imine (C=N–C) groups is 1. The van der Waals surface area contributed by atoms with E-state index in [-0.39, 0.29) is 29.8 Å². The summed E-state index contributed by atoms with van der Waals surface area (Å²) < 4.78 is 50.2. The molecule has 1 aliphatic rings. The maximum atomic E-state index is 12.9. The van der Waals surface area contributed by atoms with Crippen molar-refractivity contribution in [3.63, 3.8) is 0 Å². The first-order valence-corrected chi connectivity index (χ1v) is 9.41. The van der Waals surface area contributed by atoms with Gasteiger partial charge in [-0.25, -0.2) is 9.38 Å². The van der Waals surface area contributed by atoms with Crippen molar-refractivity contribution in [3.8, 4) is 0 Å². The Morgan fingerprint density at radius 3 is 2.36 bits per heavy atom. The number of hydrogen-bond donors (Lipinski definition) is 2. The third-order valence-corrected chi connectivity index (χ3v) is 4.63. The van der Waals surface area contributed by atoms with Crippen LogP contribution in [0.15, 0.2) is 29.3 Å². The molecule has 1 saturated heterocycles. The summed E-state index contributed by atoms with van der Waals surface area (Å²) in [5.41, 5.74) is 0.922. The van der Waals surface area contributed by atoms with Crippen LogP contribution in [0.25, 0.3) is 0 Å². The summed E-state index contributed by atoms with van der Waals surface area (Å²) >= 11 is 0. The molecule has 1 heterocycles. The Balaban J connectivity index is 0.00000392. The Hall–Kier alpha value is -1.10. The fraction of sp³-hybridized carbons (Fsp3) is 0.632. The van der Waals surface area contributed by atoms with E-state index in [2.05, 4.69) is 15.6 Å². The fourth-order valence-electron chi connectivity index (χ4n) is 3.18. The lowest BCUT2D eigenvalue weighted by atomic mass is 9.93. The van der Waals surface area contributed by atoms with Crippen LogP contribution < -0.4 is 10.6 Å². The second kappa shape index (κ2) is 12.5. The van der Waals surface area contributed by atoms with Crippen LogP contribution in [-0.2, 0) is 6.54 Å². The number of alkyl halides is 3. The Kier molecular flexibility index (Phi) is 11.1. The summed E-state index contributed by atoms with van der Waals surface area (Å²) in [5.74, 6) is 0.854. The van der Waals surface area contributed by atoms with Gasteiger partial charge in [-0.05, 0) is 62.9 Å². The molecular formula is C19H29F4IN4. The first-order chi connectivity index (χ1) is 12.9. The first kappa shape index (κ1) is 24.9. The molecule has 2 rings (SSSR count). The summed E-state index contributed by atoms with van der Waals surface area (Å²) in [4.78, 5) is 5.97. The topological polar surface area (TPSA) is 39.7 Å². The van der Waals surface area contributed by atoms with Crippen LogP contribution in [0.2, 0.25) is 0 Å². The number of nitrogens with one attached hydrogen (secondary N) is 2. The van der Waals surface area contributed by atoms with Gasteiger partial charge in [-0.1, -0.05) is 12.1 Å². The van der Waals surface area contributed by atoms with Gasteiger partial charge in [0.05, 0.1) is 13.1 Å². The average Bonchev–Trinajstić information content (AvgIpc) is 2.61. The highest BCUT2D eigenvalue weighted by molar-refractivity contribution is 14.0. The summed E-state index contributed by atoms with van der Waals surface area (Å²) in [6.07, 6.45) is -1.63. The Morgan fingerprint density at radius 2 is 1.79 bits per heavy atom. The number of nitrogens with zero attached hydrogens (tertiary/aromatic N) is 2. The van der Waals surface area contributed by atoms with Gasteiger partial charge in [0.2, 0.25) is 0 Å². The number of benzene rings is 1. The SMILES string of the molecule is CCNC(=NCc1ccc(F)cc1)NCCC1CCN(CC(F)(F)F)CC1.I. The van der Waals surface area contributed by atoms with E-state index in [0.717, 1.165) is 37.9 Å². The zero-order chi connectivity index (χ0) is 19.7. The van der Waals surface area contributed by atoms with Gasteiger partial charge in [-0.15, -0.1) is 24.0 Å². The average molecular weight is 516 g/mol. The van der Waals surface area contributed by atoms with Crippen molar-refractivity contribution in [1.29, 1.82) is 0 Å². The number of guanidine groups is 1. The van der Waals surface area contributed by atoms with Gasteiger partial charge in [-0.3, -0.25) is 4.90 Å². The molecule has 1 aromatic rings. The smallest absolute Gasteiger partial charge is 0.357 e. The molecule has 9 heteroatoms. The van der Waals surface area contributed by atoms with E-state index >= 15 is 0 Å². The molecule has 0 aromatic heterocycles. The second-order valence-electron chi connectivity index (χ2n) is 6.87. The van der Waals surface area contributed by atoms with E-state index in [1.807, 2.05) is 6.92 Å². The zero-order valence-electron chi connectivity index (χ0n) is 16.1. The molecule has 0 atom stereocenters. The number of piperidine rings is 1. The summed E-state index contributed by atoms with van der Waals surface area (Å²) in [7, 11) is 0. The molecule has 1 aromatic carbocycles. The van der Waals surface area contributed by atoms with Crippen LogP contribution in [-0.4, -0.2) is 49.8 Å². The molecule has 1 fully saturated rings. The number of hydrogen-bond acceptors (Lipinski definition) is 2. The second-order valence-corrected chi connectivity index (χ2v) is 6.87. The molecular weight excluding hydrogens is 487 g/mol. The van der Waals surface area contributed by atoms with Crippen molar-refractivity contribution in [2.45, 2.75) is 38.9 Å². The van der Waals surface area contributed by atoms with E-state index in [1.54, 1.807) is 12.1 Å². The molecule has 2 N–H and O–H groups in total. The number of rotatable bonds is 7. The molecule has 0 bridgehead atoms. The highest BCUT2D eigenvalue weighted by Crippen LogP contribution is 2.23. The van der Waals surface area contributed by atoms with Gasteiger partial charge in [0.25, 0.3) is 0 Å². The van der Waals surface area contributed by atoms with Crippen LogP contribution in [0.5, 0.6) is 0 Å². The van der Waals surface area contributed by atoms with Crippen LogP contribution >= 0.6 is 24.0 Å². The van der Waals surface area contributed by atoms with Crippen molar-refractivity contribution in [2.24, 2.45) is 10.9 Å². The largest absolute Gasteiger partial charge is 0.401 e. The van der Waals surface area contributed by atoms with Gasteiger partial charge in [0.1, 0.15) is 5.82 Å². The molecule has 0 aliphatic carbocycles. The Bertz CT molecular complexity index is 585. The predicted molar refractivity (Wildman–Crippen MR) is 114 cm³/mol. The van der Waals surface area contributed by atoms with Crippen LogP contribution in [0.1, 0.15) is 31.7 Å². The lowest BCUT2D eigenvalue weighted by Gasteiger charge is -2.32. The molecule has 0 spiro atoms. The van der Waals surface area contributed by atoms with Crippen LogP contribution in [0.4, 0.5) is 17.6 Å². The predicted octanol–water partition coefficient (Wildman–Crippen LogP) is 4.16. The van der Waals surface area contributed by atoms with Gasteiger partial charge < -0.3 is 10.6 Å². The van der Waals surface area contributed by atoms with Gasteiger partial charge in [-0.2, -0.15) is 13.2 Å². The lowest BCUT2D eigenvalue weighted by molar-refractivity contribution is -0.148. The Morgan fingerprint density at radius 1 is 1.14 bits per heavy atom. The third-order valence-electron chi connectivity index (χ3n) is 4.63. The molecule has 1 aliphatic heterocycles. The Labute approximate surface area is 181 Å². The molecule has 0 amide bonds. The quantitative estimate of drug-likeness (QED) is 0.248. The van der Waals surface area contributed by atoms with Crippen molar-refractivity contribution >= 4 is 29.9 Å². The van der Waals surface area contributed by atoms with Crippen molar-refractivity contribution in [2.75, 3.05) is 32.7 Å². The van der Waals surface area contributed by atoms with Gasteiger partial charge >= 0.3 is 6.18 Å². The van der Waals surface area contributed by atoms with Crippen LogP contribution in [0, 0.1) is 11.7 Å². The van der Waals surface area contributed by atoms with E-state index < -0.39 is 12.7 Å². The maximum Gasteiger partial charge on any atom is 0.401 e. The summed E-state index contributed by atoms with van der Waals surface area (Å²) in [6.45, 7) is 4.07. The summed E-state index contributed by atoms with van der Waals surface area (Å²) in [5, 5.41) is 6.44. The minimum Gasteiger partial charge on any atom is -0.357 e. The minimum atomic E-state index is -4.11. The highest BCUT2D eigenvalue weighted by atomic mass is 127. The van der Waals surface area contributed by atoms with Crippen molar-refractivity contribution in [3.05, 3.63) is 35.6 Å². The van der Waals surface area contributed by atoms with Crippen molar-refractivity contribution in [1.82, 2.24) is 15.5 Å². The van der Waals surface area contributed by atoms with E-state index in [9.17, 15) is 17.6 Å². The molecule has 4 nitrogen and oxygen atoms in total. The lowest BCUT2D eigenvalue weighted by Crippen LogP contribution is -2.41. The van der Waals surface area contributed by atoms with E-state index in [0.29, 0.717) is 31.5 Å².